The molecule has 50 valence electrons. The van der Waals surface area contributed by atoms with Crippen molar-refractivity contribution in [3.63, 3.8) is 0 Å². The first-order valence-corrected chi connectivity index (χ1v) is 2.62. The number of allylic oxidation sites excluding steroid dienone is 1. The van der Waals surface area contributed by atoms with E-state index in [2.05, 4.69) is 5.73 Å². The highest BCUT2D eigenvalue weighted by molar-refractivity contribution is 5.14. The molecule has 0 unspecified atom stereocenters. The van der Waals surface area contributed by atoms with Crippen LogP contribution in [0.3, 0.4) is 0 Å². The summed E-state index contributed by atoms with van der Waals surface area (Å²) in [4.78, 5) is 0. The molecule has 1 rings (SSSR count). The number of halogens is 3. The lowest BCUT2D eigenvalue weighted by Gasteiger charge is -2.03. The summed E-state index contributed by atoms with van der Waals surface area (Å²) in [6, 6.07) is 0. The summed E-state index contributed by atoms with van der Waals surface area (Å²) < 4.78 is 34.9. The van der Waals surface area contributed by atoms with Gasteiger partial charge in [0.2, 0.25) is 0 Å². The third kappa shape index (κ3) is 1.36. The molecule has 0 bridgehead atoms. The molecule has 0 radical (unpaired) electrons. The molecule has 0 saturated heterocycles. The Bertz CT molecular complexity index is 169. The largest absolute Gasteiger partial charge is 0.419 e. The summed E-state index contributed by atoms with van der Waals surface area (Å²) in [5, 5.41) is 0. The van der Waals surface area contributed by atoms with Crippen molar-refractivity contribution in [3.05, 3.63) is 17.4 Å². The monoisotopic (exact) mass is 134 g/mol. The summed E-state index contributed by atoms with van der Waals surface area (Å²) in [5.41, 5.74) is 1.64. The molecule has 0 aromatic rings. The summed E-state index contributed by atoms with van der Waals surface area (Å²) in [7, 11) is 0. The molecule has 1 aliphatic rings. The standard InChI is InChI=1S/C6H5F3/c7-6(8,9)5-3-1-2-4-5/h1H,2,4H2. The minimum absolute atomic E-state index is 0.101. The molecule has 1 aliphatic carbocycles. The molecule has 0 amide bonds. The highest BCUT2D eigenvalue weighted by Crippen LogP contribution is 2.30. The van der Waals surface area contributed by atoms with E-state index in [4.69, 9.17) is 0 Å². The van der Waals surface area contributed by atoms with Gasteiger partial charge in [-0.2, -0.15) is 13.2 Å². The SMILES string of the molecule is FC(F)(F)C1=C=CCC1. The van der Waals surface area contributed by atoms with E-state index in [1.54, 1.807) is 0 Å². The van der Waals surface area contributed by atoms with Gasteiger partial charge in [-0.25, -0.2) is 0 Å². The Morgan fingerprint density at radius 2 is 2.11 bits per heavy atom. The van der Waals surface area contributed by atoms with E-state index in [0.29, 0.717) is 6.42 Å². The van der Waals surface area contributed by atoms with Crippen molar-refractivity contribution in [1.29, 1.82) is 0 Å². The van der Waals surface area contributed by atoms with Gasteiger partial charge in [-0.1, -0.05) is 0 Å². The van der Waals surface area contributed by atoms with Crippen LogP contribution in [0.25, 0.3) is 0 Å². The fourth-order valence-corrected chi connectivity index (χ4v) is 0.708. The van der Waals surface area contributed by atoms with Crippen LogP contribution < -0.4 is 0 Å². The predicted octanol–water partition coefficient (Wildman–Crippen LogP) is 2.42. The van der Waals surface area contributed by atoms with Crippen LogP contribution in [0, 0.1) is 0 Å². The highest BCUT2D eigenvalue weighted by Gasteiger charge is 2.33. The fraction of sp³-hybridized carbons (Fsp3) is 0.500. The number of rotatable bonds is 0. The Labute approximate surface area is 50.7 Å². The first-order chi connectivity index (χ1) is 4.11. The van der Waals surface area contributed by atoms with Crippen LogP contribution in [0.4, 0.5) is 13.2 Å². The van der Waals surface area contributed by atoms with Gasteiger partial charge in [-0.3, -0.25) is 0 Å². The first-order valence-electron chi connectivity index (χ1n) is 2.62. The molecule has 0 saturated carbocycles. The zero-order valence-electron chi connectivity index (χ0n) is 4.63. The fourth-order valence-electron chi connectivity index (χ4n) is 0.708. The smallest absolute Gasteiger partial charge is 0.166 e. The average Bonchev–Trinajstić information content (AvgIpc) is 2.08. The van der Waals surface area contributed by atoms with Crippen molar-refractivity contribution in [2.24, 2.45) is 0 Å². The van der Waals surface area contributed by atoms with Crippen LogP contribution in [0.2, 0.25) is 0 Å². The minimum Gasteiger partial charge on any atom is -0.166 e. The molecule has 0 heterocycles. The number of alkyl halides is 3. The van der Waals surface area contributed by atoms with Gasteiger partial charge in [-0.15, -0.1) is 5.73 Å². The minimum atomic E-state index is -4.15. The molecule has 3 heteroatoms. The molecule has 0 aliphatic heterocycles. The maximum absolute atomic E-state index is 11.6. The molecule has 0 N–H and O–H groups in total. The molecule has 0 spiro atoms. The van der Waals surface area contributed by atoms with Crippen molar-refractivity contribution in [3.8, 4) is 0 Å². The lowest BCUT2D eigenvalue weighted by molar-refractivity contribution is -0.0931. The van der Waals surface area contributed by atoms with Crippen molar-refractivity contribution < 1.29 is 13.2 Å². The second-order valence-electron chi connectivity index (χ2n) is 1.86. The molecular weight excluding hydrogens is 129 g/mol. The zero-order valence-corrected chi connectivity index (χ0v) is 4.63. The Kier molecular flexibility index (Phi) is 1.37. The van der Waals surface area contributed by atoms with E-state index in [1.165, 1.54) is 6.08 Å². The maximum Gasteiger partial charge on any atom is 0.419 e. The van der Waals surface area contributed by atoms with Gasteiger partial charge in [-0.05, 0) is 18.9 Å². The molecule has 0 aromatic carbocycles. The van der Waals surface area contributed by atoms with E-state index < -0.39 is 11.7 Å². The second kappa shape index (κ2) is 1.92. The third-order valence-electron chi connectivity index (χ3n) is 1.16. The van der Waals surface area contributed by atoms with Gasteiger partial charge in [0.1, 0.15) is 0 Å². The van der Waals surface area contributed by atoms with E-state index in [0.717, 1.165) is 0 Å². The predicted molar refractivity (Wildman–Crippen MR) is 26.9 cm³/mol. The lowest BCUT2D eigenvalue weighted by atomic mass is 10.2. The quantitative estimate of drug-likeness (QED) is 0.446. The van der Waals surface area contributed by atoms with Crippen molar-refractivity contribution in [2.75, 3.05) is 0 Å². The summed E-state index contributed by atoms with van der Waals surface area (Å²) in [6.45, 7) is 0. The Morgan fingerprint density at radius 3 is 2.33 bits per heavy atom. The van der Waals surface area contributed by atoms with Crippen molar-refractivity contribution in [2.45, 2.75) is 19.0 Å². The molecule has 0 nitrogen and oxygen atoms in total. The normalized spacial score (nSPS) is 18.3. The van der Waals surface area contributed by atoms with Crippen LogP contribution in [0.5, 0.6) is 0 Å². The van der Waals surface area contributed by atoms with E-state index in [-0.39, 0.29) is 6.42 Å². The Hall–Kier alpha value is -0.690. The van der Waals surface area contributed by atoms with Gasteiger partial charge < -0.3 is 0 Å². The number of hydrogen-bond acceptors (Lipinski definition) is 0. The van der Waals surface area contributed by atoms with Crippen molar-refractivity contribution in [1.82, 2.24) is 0 Å². The van der Waals surface area contributed by atoms with Crippen LogP contribution in [-0.4, -0.2) is 6.18 Å². The summed E-state index contributed by atoms with van der Waals surface area (Å²) >= 11 is 0. The first kappa shape index (κ1) is 6.43. The van der Waals surface area contributed by atoms with Gasteiger partial charge in [0, 0.05) is 0 Å². The summed E-state index contributed by atoms with van der Waals surface area (Å²) in [5.74, 6) is 0. The van der Waals surface area contributed by atoms with E-state index >= 15 is 0 Å². The number of hydrogen-bond donors (Lipinski definition) is 0. The van der Waals surface area contributed by atoms with Crippen molar-refractivity contribution >= 4 is 0 Å². The topological polar surface area (TPSA) is 0 Å². The average molecular weight is 134 g/mol. The van der Waals surface area contributed by atoms with Gasteiger partial charge in [0.25, 0.3) is 0 Å². The molecule has 0 aromatic heterocycles. The van der Waals surface area contributed by atoms with Gasteiger partial charge in [0.15, 0.2) is 0 Å². The Morgan fingerprint density at radius 1 is 1.44 bits per heavy atom. The molecule has 0 atom stereocenters. The van der Waals surface area contributed by atoms with Crippen LogP contribution >= 0.6 is 0 Å². The van der Waals surface area contributed by atoms with Crippen LogP contribution in [0.1, 0.15) is 12.8 Å². The van der Waals surface area contributed by atoms with Gasteiger partial charge >= 0.3 is 6.18 Å². The lowest BCUT2D eigenvalue weighted by Crippen LogP contribution is -2.09. The maximum atomic E-state index is 11.6. The molecule has 9 heavy (non-hydrogen) atoms. The van der Waals surface area contributed by atoms with Gasteiger partial charge in [0.05, 0.1) is 5.57 Å². The van der Waals surface area contributed by atoms with Crippen LogP contribution in [-0.2, 0) is 0 Å². The highest BCUT2D eigenvalue weighted by atomic mass is 19.4. The second-order valence-corrected chi connectivity index (χ2v) is 1.86. The Balaban J connectivity index is 2.75. The zero-order chi connectivity index (χ0) is 6.91. The van der Waals surface area contributed by atoms with E-state index in [1.807, 2.05) is 0 Å². The van der Waals surface area contributed by atoms with E-state index in [9.17, 15) is 13.2 Å². The molecular formula is C6H5F3. The molecule has 0 fully saturated rings. The van der Waals surface area contributed by atoms with Crippen LogP contribution in [0.15, 0.2) is 17.4 Å². The summed E-state index contributed by atoms with van der Waals surface area (Å²) in [6.07, 6.45) is -2.14. The third-order valence-corrected chi connectivity index (χ3v) is 1.16.